The molecule has 0 spiro atoms. The molecule has 0 unspecified atom stereocenters. The summed E-state index contributed by atoms with van der Waals surface area (Å²) < 4.78 is 32.7. The summed E-state index contributed by atoms with van der Waals surface area (Å²) >= 11 is 9.17. The van der Waals surface area contributed by atoms with Crippen molar-refractivity contribution in [3.8, 4) is 5.75 Å². The van der Waals surface area contributed by atoms with Crippen molar-refractivity contribution in [2.24, 2.45) is 0 Å². The SMILES string of the molecule is COc1ccc(S(=O)(=O)Nc2cccc(Cl)c2Br)c(N)c1. The van der Waals surface area contributed by atoms with Gasteiger partial charge in [0.15, 0.2) is 0 Å². The highest BCUT2D eigenvalue weighted by Crippen LogP contribution is 2.32. The molecule has 2 aromatic rings. The highest BCUT2D eigenvalue weighted by Gasteiger charge is 2.19. The Kier molecular flexibility index (Phi) is 4.65. The standard InChI is InChI=1S/C13H12BrClN2O3S/c1-20-8-5-6-12(10(16)7-8)21(18,19)17-11-4-2-3-9(15)13(11)14/h2-7,17H,16H2,1H3. The molecule has 0 aliphatic heterocycles. The number of halogens is 2. The van der Waals surface area contributed by atoms with Crippen molar-refractivity contribution in [3.63, 3.8) is 0 Å². The highest BCUT2D eigenvalue weighted by molar-refractivity contribution is 9.10. The number of sulfonamides is 1. The van der Waals surface area contributed by atoms with Crippen molar-refractivity contribution in [1.29, 1.82) is 0 Å². The van der Waals surface area contributed by atoms with E-state index in [0.29, 0.717) is 20.9 Å². The van der Waals surface area contributed by atoms with Crippen LogP contribution in [-0.4, -0.2) is 15.5 Å². The van der Waals surface area contributed by atoms with E-state index < -0.39 is 10.0 Å². The van der Waals surface area contributed by atoms with Crippen molar-refractivity contribution >= 4 is 48.9 Å². The molecule has 112 valence electrons. The van der Waals surface area contributed by atoms with Crippen molar-refractivity contribution in [2.75, 3.05) is 17.6 Å². The largest absolute Gasteiger partial charge is 0.497 e. The van der Waals surface area contributed by atoms with E-state index in [9.17, 15) is 8.42 Å². The van der Waals surface area contributed by atoms with Crippen LogP contribution in [0.2, 0.25) is 5.02 Å². The van der Waals surface area contributed by atoms with Gasteiger partial charge in [-0.1, -0.05) is 17.7 Å². The molecule has 0 fully saturated rings. The molecule has 21 heavy (non-hydrogen) atoms. The second-order valence-electron chi connectivity index (χ2n) is 4.11. The summed E-state index contributed by atoms with van der Waals surface area (Å²) in [4.78, 5) is -0.0322. The lowest BCUT2D eigenvalue weighted by atomic mass is 10.3. The Morgan fingerprint density at radius 3 is 2.62 bits per heavy atom. The maximum Gasteiger partial charge on any atom is 0.263 e. The van der Waals surface area contributed by atoms with Gasteiger partial charge in [-0.25, -0.2) is 8.42 Å². The molecule has 0 atom stereocenters. The summed E-state index contributed by atoms with van der Waals surface area (Å²) in [6.07, 6.45) is 0. The Labute approximate surface area is 136 Å². The van der Waals surface area contributed by atoms with Crippen LogP contribution in [-0.2, 0) is 10.0 Å². The van der Waals surface area contributed by atoms with Gasteiger partial charge in [0.2, 0.25) is 0 Å². The molecular weight excluding hydrogens is 380 g/mol. The summed E-state index contributed by atoms with van der Waals surface area (Å²) in [7, 11) is -2.35. The maximum atomic E-state index is 12.4. The van der Waals surface area contributed by atoms with Gasteiger partial charge in [0.25, 0.3) is 10.0 Å². The zero-order valence-corrected chi connectivity index (χ0v) is 14.1. The van der Waals surface area contributed by atoms with Gasteiger partial charge in [0.05, 0.1) is 28.0 Å². The topological polar surface area (TPSA) is 81.4 Å². The third-order valence-corrected chi connectivity index (χ3v) is 5.54. The first-order valence-electron chi connectivity index (χ1n) is 5.75. The number of ether oxygens (including phenoxy) is 1. The van der Waals surface area contributed by atoms with Gasteiger partial charge in [-0.15, -0.1) is 0 Å². The lowest BCUT2D eigenvalue weighted by Crippen LogP contribution is -2.15. The number of nitrogen functional groups attached to an aromatic ring is 1. The Balaban J connectivity index is 2.41. The van der Waals surface area contributed by atoms with Gasteiger partial charge in [0, 0.05) is 6.07 Å². The van der Waals surface area contributed by atoms with Gasteiger partial charge >= 0.3 is 0 Å². The van der Waals surface area contributed by atoms with E-state index in [0.717, 1.165) is 0 Å². The molecule has 0 heterocycles. The quantitative estimate of drug-likeness (QED) is 0.782. The van der Waals surface area contributed by atoms with Crippen LogP contribution in [0.4, 0.5) is 11.4 Å². The lowest BCUT2D eigenvalue weighted by Gasteiger charge is -2.12. The molecule has 0 aliphatic rings. The average molecular weight is 392 g/mol. The minimum atomic E-state index is -3.83. The molecule has 0 amide bonds. The zero-order chi connectivity index (χ0) is 15.6. The number of nitrogens with one attached hydrogen (secondary N) is 1. The van der Waals surface area contributed by atoms with Gasteiger partial charge in [-0.2, -0.15) is 0 Å². The molecule has 0 aliphatic carbocycles. The van der Waals surface area contributed by atoms with Crippen molar-refractivity contribution in [1.82, 2.24) is 0 Å². The number of hydrogen-bond donors (Lipinski definition) is 2. The van der Waals surface area contributed by atoms with Crippen LogP contribution < -0.4 is 15.2 Å². The Morgan fingerprint density at radius 2 is 2.00 bits per heavy atom. The van der Waals surface area contributed by atoms with Gasteiger partial charge < -0.3 is 10.5 Å². The van der Waals surface area contributed by atoms with E-state index in [-0.39, 0.29) is 10.6 Å². The number of hydrogen-bond acceptors (Lipinski definition) is 4. The monoisotopic (exact) mass is 390 g/mol. The normalized spacial score (nSPS) is 11.2. The Bertz CT molecular complexity index is 781. The fourth-order valence-electron chi connectivity index (χ4n) is 1.68. The summed E-state index contributed by atoms with van der Waals surface area (Å²) in [6, 6.07) is 9.23. The third-order valence-electron chi connectivity index (χ3n) is 2.70. The highest BCUT2D eigenvalue weighted by atomic mass is 79.9. The van der Waals surface area contributed by atoms with E-state index in [1.54, 1.807) is 18.2 Å². The summed E-state index contributed by atoms with van der Waals surface area (Å²) in [5.74, 6) is 0.482. The average Bonchev–Trinajstić information content (AvgIpc) is 2.43. The molecule has 0 radical (unpaired) electrons. The number of benzene rings is 2. The van der Waals surface area contributed by atoms with Gasteiger partial charge in [-0.3, -0.25) is 4.72 Å². The number of methoxy groups -OCH3 is 1. The van der Waals surface area contributed by atoms with Crippen LogP contribution in [0.25, 0.3) is 0 Å². The van der Waals surface area contributed by atoms with Crippen molar-refractivity contribution in [3.05, 3.63) is 45.9 Å². The first kappa shape index (κ1) is 15.9. The predicted molar refractivity (Wildman–Crippen MR) is 87.4 cm³/mol. The minimum Gasteiger partial charge on any atom is -0.497 e. The van der Waals surface area contributed by atoms with E-state index in [1.807, 2.05) is 0 Å². The molecule has 2 aromatic carbocycles. The van der Waals surface area contributed by atoms with Crippen molar-refractivity contribution < 1.29 is 13.2 Å². The Hall–Kier alpha value is -1.44. The van der Waals surface area contributed by atoms with Crippen LogP contribution in [0.5, 0.6) is 5.75 Å². The van der Waals surface area contributed by atoms with Crippen LogP contribution in [0.3, 0.4) is 0 Å². The molecule has 0 saturated carbocycles. The van der Waals surface area contributed by atoms with E-state index in [1.165, 1.54) is 25.3 Å². The molecule has 3 N–H and O–H groups in total. The first-order valence-corrected chi connectivity index (χ1v) is 8.41. The molecule has 2 rings (SSSR count). The van der Waals surface area contributed by atoms with E-state index in [2.05, 4.69) is 20.7 Å². The number of rotatable bonds is 4. The van der Waals surface area contributed by atoms with E-state index in [4.69, 9.17) is 22.1 Å². The lowest BCUT2D eigenvalue weighted by molar-refractivity contribution is 0.414. The number of anilines is 2. The molecular formula is C13H12BrClN2O3S. The second kappa shape index (κ2) is 6.13. The Morgan fingerprint density at radius 1 is 1.29 bits per heavy atom. The third kappa shape index (κ3) is 3.42. The molecule has 0 aromatic heterocycles. The second-order valence-corrected chi connectivity index (χ2v) is 6.96. The van der Waals surface area contributed by atoms with E-state index >= 15 is 0 Å². The summed E-state index contributed by atoms with van der Waals surface area (Å²) in [5.41, 5.74) is 6.20. The van der Waals surface area contributed by atoms with Crippen LogP contribution >= 0.6 is 27.5 Å². The smallest absolute Gasteiger partial charge is 0.263 e. The number of nitrogens with two attached hydrogens (primary N) is 1. The van der Waals surface area contributed by atoms with Crippen LogP contribution in [0.15, 0.2) is 45.8 Å². The minimum absolute atomic E-state index is 0.0322. The van der Waals surface area contributed by atoms with Gasteiger partial charge in [0.1, 0.15) is 10.6 Å². The molecule has 5 nitrogen and oxygen atoms in total. The summed E-state index contributed by atoms with van der Waals surface area (Å²) in [6.45, 7) is 0. The maximum absolute atomic E-state index is 12.4. The fourth-order valence-corrected chi connectivity index (χ4v) is 3.54. The van der Waals surface area contributed by atoms with Crippen LogP contribution in [0, 0.1) is 0 Å². The first-order chi connectivity index (χ1) is 9.85. The predicted octanol–water partition coefficient (Wildman–Crippen LogP) is 3.49. The zero-order valence-electron chi connectivity index (χ0n) is 10.9. The molecule has 0 bridgehead atoms. The molecule has 8 heteroatoms. The summed E-state index contributed by atoms with van der Waals surface area (Å²) in [5, 5.41) is 0.401. The molecule has 0 saturated heterocycles. The van der Waals surface area contributed by atoms with Crippen molar-refractivity contribution in [2.45, 2.75) is 4.90 Å². The fraction of sp³-hybridized carbons (Fsp3) is 0.0769. The van der Waals surface area contributed by atoms with Crippen LogP contribution in [0.1, 0.15) is 0 Å². The van der Waals surface area contributed by atoms with Gasteiger partial charge in [-0.05, 0) is 40.2 Å².